The van der Waals surface area contributed by atoms with Gasteiger partial charge in [-0.1, -0.05) is 6.92 Å². The Hall–Kier alpha value is -2.42. The van der Waals surface area contributed by atoms with Crippen molar-refractivity contribution in [1.82, 2.24) is 4.90 Å². The number of sulfone groups is 1. The molecule has 1 saturated heterocycles. The molecule has 2 heterocycles. The van der Waals surface area contributed by atoms with Gasteiger partial charge in [-0.2, -0.15) is 0 Å². The molecule has 3 amide bonds. The van der Waals surface area contributed by atoms with E-state index in [1.165, 1.54) is 12.1 Å². The van der Waals surface area contributed by atoms with Gasteiger partial charge < -0.3 is 15.5 Å². The molecule has 0 radical (unpaired) electrons. The third kappa shape index (κ3) is 4.01. The number of rotatable bonds is 3. The summed E-state index contributed by atoms with van der Waals surface area (Å²) in [5.41, 5.74) is 0.554. The first kappa shape index (κ1) is 19.9. The lowest BCUT2D eigenvalue weighted by Crippen LogP contribution is -2.39. The summed E-state index contributed by atoms with van der Waals surface area (Å²) in [6.07, 6.45) is 4.35. The van der Waals surface area contributed by atoms with E-state index in [1.807, 2.05) is 4.90 Å². The number of hydrogen-bond donors (Lipinski definition) is 2. The van der Waals surface area contributed by atoms with E-state index in [2.05, 4.69) is 17.6 Å². The molecule has 1 saturated carbocycles. The van der Waals surface area contributed by atoms with Gasteiger partial charge in [-0.15, -0.1) is 0 Å². The van der Waals surface area contributed by atoms with Gasteiger partial charge in [-0.3, -0.25) is 14.4 Å². The van der Waals surface area contributed by atoms with Gasteiger partial charge in [0.15, 0.2) is 9.84 Å². The first-order valence-electron chi connectivity index (χ1n) is 10.00. The number of amides is 3. The van der Waals surface area contributed by atoms with E-state index in [-0.39, 0.29) is 34.9 Å². The number of benzene rings is 1. The van der Waals surface area contributed by atoms with Crippen LogP contribution in [0.5, 0.6) is 0 Å². The summed E-state index contributed by atoms with van der Waals surface area (Å²) in [4.78, 5) is 38.5. The van der Waals surface area contributed by atoms with Gasteiger partial charge in [0.05, 0.1) is 16.5 Å². The summed E-state index contributed by atoms with van der Waals surface area (Å²) >= 11 is 0. The van der Waals surface area contributed by atoms with Crippen molar-refractivity contribution in [2.24, 2.45) is 11.8 Å². The molecule has 1 aromatic rings. The highest BCUT2D eigenvalue weighted by atomic mass is 32.2. The minimum Gasteiger partial charge on any atom is -0.339 e. The second kappa shape index (κ2) is 7.44. The second-order valence-electron chi connectivity index (χ2n) is 8.37. The maximum Gasteiger partial charge on any atom is 0.239 e. The number of fused-ring (bicyclic) bond motifs is 1. The summed E-state index contributed by atoms with van der Waals surface area (Å²) in [5, 5.41) is 5.26. The van der Waals surface area contributed by atoms with Crippen molar-refractivity contribution in [3.63, 3.8) is 0 Å². The zero-order valence-electron chi connectivity index (χ0n) is 16.3. The number of nitrogens with one attached hydrogen (secondary N) is 2. The van der Waals surface area contributed by atoms with Crippen LogP contribution in [0.3, 0.4) is 0 Å². The molecule has 1 aromatic carbocycles. The third-order valence-corrected chi connectivity index (χ3v) is 7.78. The van der Waals surface area contributed by atoms with Crippen molar-refractivity contribution in [2.45, 2.75) is 50.0 Å². The highest BCUT2D eigenvalue weighted by Crippen LogP contribution is 2.33. The highest BCUT2D eigenvalue weighted by molar-refractivity contribution is 7.92. The van der Waals surface area contributed by atoms with Crippen molar-refractivity contribution < 1.29 is 22.8 Å². The van der Waals surface area contributed by atoms with Gasteiger partial charge in [0.2, 0.25) is 17.7 Å². The van der Waals surface area contributed by atoms with Crippen LogP contribution in [0.4, 0.5) is 11.4 Å². The Bertz CT molecular complexity index is 966. The minimum absolute atomic E-state index is 0.00431. The molecular weight excluding hydrogens is 394 g/mol. The first-order valence-corrected chi connectivity index (χ1v) is 11.6. The average Bonchev–Trinajstić information content (AvgIpc) is 3.04. The Balaban J connectivity index is 1.44. The van der Waals surface area contributed by atoms with Gasteiger partial charge in [0.25, 0.3) is 0 Å². The van der Waals surface area contributed by atoms with E-state index in [9.17, 15) is 22.8 Å². The monoisotopic (exact) mass is 419 g/mol. The molecular formula is C20H25N3O5S. The molecule has 2 fully saturated rings. The molecule has 9 heteroatoms. The SMILES string of the molecule is CC1CCC(N2CC(C(=O)Nc3ccc4c(c3)S(=O)(=O)CC(=O)N4)CC2=O)CC1. The average molecular weight is 420 g/mol. The second-order valence-corrected chi connectivity index (χ2v) is 10.3. The van der Waals surface area contributed by atoms with E-state index in [0.29, 0.717) is 18.2 Å². The van der Waals surface area contributed by atoms with Crippen LogP contribution in [0.1, 0.15) is 39.0 Å². The molecule has 1 unspecified atom stereocenters. The summed E-state index contributed by atoms with van der Waals surface area (Å²) in [6.45, 7) is 2.63. The van der Waals surface area contributed by atoms with E-state index in [0.717, 1.165) is 25.7 Å². The summed E-state index contributed by atoms with van der Waals surface area (Å²) < 4.78 is 24.5. The zero-order valence-corrected chi connectivity index (χ0v) is 17.1. The predicted octanol–water partition coefficient (Wildman–Crippen LogP) is 1.78. The van der Waals surface area contributed by atoms with Gasteiger partial charge in [-0.05, 0) is 49.8 Å². The molecule has 4 rings (SSSR count). The predicted molar refractivity (Wildman–Crippen MR) is 107 cm³/mol. The van der Waals surface area contributed by atoms with Crippen molar-refractivity contribution in [3.05, 3.63) is 18.2 Å². The fraction of sp³-hybridized carbons (Fsp3) is 0.550. The summed E-state index contributed by atoms with van der Waals surface area (Å²) in [5.74, 6) is -1.22. The van der Waals surface area contributed by atoms with Crippen LogP contribution in [-0.2, 0) is 24.2 Å². The van der Waals surface area contributed by atoms with Crippen molar-refractivity contribution in [1.29, 1.82) is 0 Å². The Kier molecular flexibility index (Phi) is 5.10. The summed E-state index contributed by atoms with van der Waals surface area (Å²) in [6, 6.07) is 4.59. The quantitative estimate of drug-likeness (QED) is 0.775. The molecule has 1 atom stereocenters. The lowest BCUT2D eigenvalue weighted by molar-refractivity contribution is -0.130. The van der Waals surface area contributed by atoms with Crippen LogP contribution >= 0.6 is 0 Å². The number of nitrogens with zero attached hydrogens (tertiary/aromatic N) is 1. The highest BCUT2D eigenvalue weighted by Gasteiger charge is 2.39. The number of carbonyl (C=O) groups is 3. The van der Waals surface area contributed by atoms with Crippen LogP contribution in [0.2, 0.25) is 0 Å². The standard InChI is InChI=1S/C20H25N3O5S/c1-12-2-5-15(6-3-12)23-10-13(8-19(23)25)20(26)21-14-4-7-16-17(9-14)29(27,28)11-18(24)22-16/h4,7,9,12-13,15H,2-3,5-6,8,10-11H2,1H3,(H,21,26)(H,22,24). The number of carbonyl (C=O) groups excluding carboxylic acids is 3. The number of hydrogen-bond acceptors (Lipinski definition) is 5. The van der Waals surface area contributed by atoms with Gasteiger partial charge >= 0.3 is 0 Å². The van der Waals surface area contributed by atoms with E-state index in [1.54, 1.807) is 6.07 Å². The molecule has 8 nitrogen and oxygen atoms in total. The largest absolute Gasteiger partial charge is 0.339 e. The third-order valence-electron chi connectivity index (χ3n) is 6.13. The fourth-order valence-corrected chi connectivity index (χ4v) is 5.79. The molecule has 0 spiro atoms. The molecule has 2 aliphatic heterocycles. The Morgan fingerprint density at radius 1 is 1.17 bits per heavy atom. The maximum atomic E-state index is 12.7. The van der Waals surface area contributed by atoms with Crippen LogP contribution in [0, 0.1) is 11.8 Å². The zero-order chi connectivity index (χ0) is 20.8. The maximum absolute atomic E-state index is 12.7. The van der Waals surface area contributed by atoms with Crippen molar-refractivity contribution in [2.75, 3.05) is 22.9 Å². The molecule has 29 heavy (non-hydrogen) atoms. The topological polar surface area (TPSA) is 113 Å². The van der Waals surface area contributed by atoms with Gasteiger partial charge in [0, 0.05) is 24.7 Å². The van der Waals surface area contributed by atoms with Gasteiger partial charge in [-0.25, -0.2) is 8.42 Å². The Morgan fingerprint density at radius 2 is 1.90 bits per heavy atom. The molecule has 0 bridgehead atoms. The minimum atomic E-state index is -3.73. The van der Waals surface area contributed by atoms with E-state index in [4.69, 9.17) is 0 Å². The Morgan fingerprint density at radius 3 is 2.62 bits per heavy atom. The smallest absolute Gasteiger partial charge is 0.239 e. The fourth-order valence-electron chi connectivity index (χ4n) is 4.46. The number of likely N-dealkylation sites (tertiary alicyclic amines) is 1. The number of anilines is 2. The van der Waals surface area contributed by atoms with Crippen LogP contribution in [0.15, 0.2) is 23.1 Å². The van der Waals surface area contributed by atoms with Crippen molar-refractivity contribution >= 4 is 38.9 Å². The molecule has 3 aliphatic rings. The van der Waals surface area contributed by atoms with E-state index < -0.39 is 27.4 Å². The lowest BCUT2D eigenvalue weighted by Gasteiger charge is -2.33. The summed E-state index contributed by atoms with van der Waals surface area (Å²) in [7, 11) is -3.73. The molecule has 156 valence electrons. The lowest BCUT2D eigenvalue weighted by atomic mass is 9.87. The van der Waals surface area contributed by atoms with Crippen LogP contribution in [0.25, 0.3) is 0 Å². The van der Waals surface area contributed by atoms with Gasteiger partial charge in [0.1, 0.15) is 5.75 Å². The molecule has 1 aliphatic carbocycles. The normalized spacial score (nSPS) is 28.6. The van der Waals surface area contributed by atoms with Crippen LogP contribution < -0.4 is 10.6 Å². The first-order chi connectivity index (χ1) is 13.7. The molecule has 0 aromatic heterocycles. The van der Waals surface area contributed by atoms with E-state index >= 15 is 0 Å². The van der Waals surface area contributed by atoms with Crippen molar-refractivity contribution in [3.8, 4) is 0 Å². The Labute approximate surface area is 169 Å². The molecule has 2 N–H and O–H groups in total. The van der Waals surface area contributed by atoms with Crippen LogP contribution in [-0.4, -0.2) is 49.4 Å².